The lowest BCUT2D eigenvalue weighted by atomic mass is 10.2. The Morgan fingerprint density at radius 3 is 2.80 bits per heavy atom. The van der Waals surface area contributed by atoms with Crippen LogP contribution >= 0.6 is 0 Å². The van der Waals surface area contributed by atoms with E-state index in [1.54, 1.807) is 0 Å². The van der Waals surface area contributed by atoms with Crippen LogP contribution in [0, 0.1) is 11.6 Å². The summed E-state index contributed by atoms with van der Waals surface area (Å²) in [5.74, 6) is -2.59. The summed E-state index contributed by atoms with van der Waals surface area (Å²) in [6.07, 6.45) is 0. The van der Waals surface area contributed by atoms with Crippen molar-refractivity contribution in [3.8, 4) is 0 Å². The van der Waals surface area contributed by atoms with Crippen LogP contribution in [0.2, 0.25) is 0 Å². The summed E-state index contributed by atoms with van der Waals surface area (Å²) in [6, 6.07) is 6.67. The van der Waals surface area contributed by atoms with Gasteiger partial charge in [0.05, 0.1) is 22.6 Å². The van der Waals surface area contributed by atoms with Gasteiger partial charge in [-0.1, -0.05) is 6.07 Å². The van der Waals surface area contributed by atoms with Gasteiger partial charge in [0.25, 0.3) is 0 Å². The van der Waals surface area contributed by atoms with Gasteiger partial charge < -0.3 is 15.5 Å². The fraction of sp³-hybridized carbons (Fsp3) is 0. The average molecular weight is 277 g/mol. The Labute approximate surface area is 111 Å². The molecular formula is C13H9F2N3O2. The number of H-pyrrole nitrogens is 1. The maximum Gasteiger partial charge on any atom is 0.417 e. The minimum Gasteiger partial charge on any atom is -0.408 e. The quantitative estimate of drug-likeness (QED) is 0.629. The Hall–Kier alpha value is -2.83. The number of hydrogen-bond donors (Lipinski definition) is 3. The summed E-state index contributed by atoms with van der Waals surface area (Å²) in [6.45, 7) is 0. The second kappa shape index (κ2) is 4.37. The van der Waals surface area contributed by atoms with Gasteiger partial charge in [-0.05, 0) is 18.2 Å². The van der Waals surface area contributed by atoms with Crippen LogP contribution < -0.4 is 16.8 Å². The maximum atomic E-state index is 13.6. The molecule has 0 atom stereocenters. The molecule has 3 aromatic rings. The van der Waals surface area contributed by atoms with Crippen molar-refractivity contribution in [3.63, 3.8) is 0 Å². The zero-order chi connectivity index (χ0) is 14.3. The van der Waals surface area contributed by atoms with E-state index in [-0.39, 0.29) is 17.0 Å². The first-order valence-electron chi connectivity index (χ1n) is 5.68. The predicted octanol–water partition coefficient (Wildman–Crippen LogP) is 2.73. The van der Waals surface area contributed by atoms with Crippen molar-refractivity contribution < 1.29 is 13.2 Å². The first-order chi connectivity index (χ1) is 9.54. The van der Waals surface area contributed by atoms with Crippen LogP contribution in [0.1, 0.15) is 0 Å². The van der Waals surface area contributed by atoms with E-state index in [0.717, 1.165) is 6.07 Å². The normalized spacial score (nSPS) is 10.9. The number of nitrogens with one attached hydrogen (secondary N) is 2. The van der Waals surface area contributed by atoms with Gasteiger partial charge in [-0.2, -0.15) is 0 Å². The van der Waals surface area contributed by atoms with Gasteiger partial charge in [0.2, 0.25) is 0 Å². The number of halogens is 2. The monoisotopic (exact) mass is 277 g/mol. The molecule has 1 aromatic heterocycles. The molecule has 0 aliphatic carbocycles. The van der Waals surface area contributed by atoms with Crippen molar-refractivity contribution in [1.82, 2.24) is 4.98 Å². The summed E-state index contributed by atoms with van der Waals surface area (Å²) in [4.78, 5) is 13.5. The average Bonchev–Trinajstić information content (AvgIpc) is 2.74. The van der Waals surface area contributed by atoms with Crippen molar-refractivity contribution in [1.29, 1.82) is 0 Å². The van der Waals surface area contributed by atoms with Gasteiger partial charge in [0.1, 0.15) is 0 Å². The highest BCUT2D eigenvalue weighted by Crippen LogP contribution is 2.29. The largest absolute Gasteiger partial charge is 0.417 e. The van der Waals surface area contributed by atoms with E-state index in [9.17, 15) is 13.6 Å². The van der Waals surface area contributed by atoms with Crippen molar-refractivity contribution in [3.05, 3.63) is 52.5 Å². The predicted molar refractivity (Wildman–Crippen MR) is 70.9 cm³/mol. The summed E-state index contributed by atoms with van der Waals surface area (Å²) >= 11 is 0. The number of benzene rings is 2. The fourth-order valence-electron chi connectivity index (χ4n) is 1.87. The Kier molecular flexibility index (Phi) is 2.67. The Bertz CT molecular complexity index is 854. The molecule has 4 N–H and O–H groups in total. The number of aromatic amines is 1. The molecule has 0 fully saturated rings. The van der Waals surface area contributed by atoms with Gasteiger partial charge >= 0.3 is 5.76 Å². The van der Waals surface area contributed by atoms with Crippen LogP contribution in [-0.4, -0.2) is 4.98 Å². The first-order valence-corrected chi connectivity index (χ1v) is 5.68. The molecule has 5 nitrogen and oxygen atoms in total. The van der Waals surface area contributed by atoms with Crippen LogP contribution in [-0.2, 0) is 0 Å². The van der Waals surface area contributed by atoms with Crippen LogP contribution in [0.4, 0.5) is 25.8 Å². The van der Waals surface area contributed by atoms with Crippen LogP contribution in [0.25, 0.3) is 11.1 Å². The number of hydrogen-bond acceptors (Lipinski definition) is 4. The molecule has 0 amide bonds. The molecule has 0 radical (unpaired) electrons. The lowest BCUT2D eigenvalue weighted by Gasteiger charge is -2.10. The topological polar surface area (TPSA) is 84.0 Å². The number of aromatic nitrogens is 1. The molecule has 7 heteroatoms. The van der Waals surface area contributed by atoms with E-state index >= 15 is 0 Å². The fourth-order valence-corrected chi connectivity index (χ4v) is 1.87. The third-order valence-corrected chi connectivity index (χ3v) is 2.81. The SMILES string of the molecule is Nc1cc2oc(=O)[nH]c2cc1Nc1cccc(F)c1F. The maximum absolute atomic E-state index is 13.6. The molecule has 0 saturated carbocycles. The molecule has 0 unspecified atom stereocenters. The molecule has 0 aliphatic heterocycles. The third-order valence-electron chi connectivity index (χ3n) is 2.81. The summed E-state index contributed by atoms with van der Waals surface area (Å²) in [5.41, 5.74) is 6.99. The highest BCUT2D eigenvalue weighted by Gasteiger charge is 2.11. The lowest BCUT2D eigenvalue weighted by Crippen LogP contribution is -1.99. The van der Waals surface area contributed by atoms with Crippen molar-refractivity contribution in [2.45, 2.75) is 0 Å². The Balaban J connectivity index is 2.08. The van der Waals surface area contributed by atoms with Gasteiger partial charge in [-0.15, -0.1) is 0 Å². The highest BCUT2D eigenvalue weighted by molar-refractivity contribution is 5.87. The van der Waals surface area contributed by atoms with E-state index < -0.39 is 17.4 Å². The summed E-state index contributed by atoms with van der Waals surface area (Å²) in [7, 11) is 0. The number of fused-ring (bicyclic) bond motifs is 1. The lowest BCUT2D eigenvalue weighted by molar-refractivity contribution is 0.512. The standard InChI is InChI=1S/C13H9F2N3O2/c14-6-2-1-3-8(12(6)15)17-9-5-10-11(4-7(9)16)20-13(19)18-10/h1-5,17H,16H2,(H,18,19). The van der Waals surface area contributed by atoms with Gasteiger partial charge in [0.15, 0.2) is 17.2 Å². The number of nitrogen functional groups attached to an aromatic ring is 1. The number of oxazole rings is 1. The smallest absolute Gasteiger partial charge is 0.408 e. The third kappa shape index (κ3) is 1.99. The van der Waals surface area contributed by atoms with Crippen LogP contribution in [0.5, 0.6) is 0 Å². The zero-order valence-corrected chi connectivity index (χ0v) is 10.0. The molecule has 2 aromatic carbocycles. The van der Waals surface area contributed by atoms with E-state index in [4.69, 9.17) is 10.2 Å². The molecule has 0 saturated heterocycles. The van der Waals surface area contributed by atoms with E-state index in [1.807, 2.05) is 0 Å². The van der Waals surface area contributed by atoms with Gasteiger partial charge in [-0.25, -0.2) is 13.6 Å². The second-order valence-corrected chi connectivity index (χ2v) is 4.18. The van der Waals surface area contributed by atoms with Gasteiger partial charge in [0, 0.05) is 6.07 Å². The van der Waals surface area contributed by atoms with E-state index in [0.29, 0.717) is 11.2 Å². The zero-order valence-electron chi connectivity index (χ0n) is 10.0. The molecule has 0 aliphatic rings. The molecule has 20 heavy (non-hydrogen) atoms. The minimum atomic E-state index is -1.01. The Morgan fingerprint density at radius 1 is 1.20 bits per heavy atom. The molecule has 0 bridgehead atoms. The van der Waals surface area contributed by atoms with E-state index in [1.165, 1.54) is 24.3 Å². The van der Waals surface area contributed by atoms with Crippen LogP contribution in [0.15, 0.2) is 39.5 Å². The van der Waals surface area contributed by atoms with E-state index in [2.05, 4.69) is 10.3 Å². The highest BCUT2D eigenvalue weighted by atomic mass is 19.2. The van der Waals surface area contributed by atoms with Crippen molar-refractivity contribution >= 4 is 28.2 Å². The molecule has 1 heterocycles. The second-order valence-electron chi connectivity index (χ2n) is 4.18. The minimum absolute atomic E-state index is 0.0538. The van der Waals surface area contributed by atoms with Crippen LogP contribution in [0.3, 0.4) is 0 Å². The Morgan fingerprint density at radius 2 is 2.00 bits per heavy atom. The number of nitrogens with two attached hydrogens (primary N) is 1. The van der Waals surface area contributed by atoms with Crippen molar-refractivity contribution in [2.75, 3.05) is 11.1 Å². The molecule has 102 valence electrons. The van der Waals surface area contributed by atoms with Crippen molar-refractivity contribution in [2.24, 2.45) is 0 Å². The molecule has 0 spiro atoms. The first kappa shape index (κ1) is 12.2. The number of rotatable bonds is 2. The molecular weight excluding hydrogens is 268 g/mol. The summed E-state index contributed by atoms with van der Waals surface area (Å²) in [5, 5.41) is 2.68. The molecule has 3 rings (SSSR count). The summed E-state index contributed by atoms with van der Waals surface area (Å²) < 4.78 is 31.6. The van der Waals surface area contributed by atoms with Gasteiger partial charge in [-0.3, -0.25) is 4.98 Å². The number of anilines is 3.